The molecule has 2 aromatic carbocycles. The summed E-state index contributed by atoms with van der Waals surface area (Å²) in [4.78, 5) is 18.8. The Morgan fingerprint density at radius 2 is 1.93 bits per heavy atom. The van der Waals surface area contributed by atoms with E-state index in [-0.39, 0.29) is 5.91 Å². The molecule has 0 spiro atoms. The summed E-state index contributed by atoms with van der Waals surface area (Å²) < 4.78 is 13.1. The maximum Gasteiger partial charge on any atom is 0.289 e. The second-order valence-electron chi connectivity index (χ2n) is 6.61. The first-order chi connectivity index (χ1) is 14.1. The lowest BCUT2D eigenvalue weighted by Crippen LogP contribution is -2.27. The molecule has 7 heteroatoms. The molecule has 148 valence electrons. The summed E-state index contributed by atoms with van der Waals surface area (Å²) in [5, 5.41) is 0.671. The number of imidazole rings is 1. The molecule has 2 heterocycles. The topological polar surface area (TPSA) is 60.5 Å². The fraction of sp³-hybridized carbons (Fsp3) is 0.182. The minimum atomic E-state index is -0.189. The van der Waals surface area contributed by atoms with Crippen LogP contribution < -0.4 is 4.74 Å². The molecule has 0 aliphatic heterocycles. The standard InChI is InChI=1S/C22H20ClN3O3/c1-25(22(27)20-7-4-13-29-20)15-21-24-18-5-2-3-6-19(18)26(21)12-14-28-17-10-8-16(23)9-11-17/h2-11,13H,12,14-15H2,1H3. The van der Waals surface area contributed by atoms with Gasteiger partial charge in [-0.3, -0.25) is 4.79 Å². The molecule has 0 unspecified atom stereocenters. The van der Waals surface area contributed by atoms with Crippen LogP contribution in [0.25, 0.3) is 11.0 Å². The van der Waals surface area contributed by atoms with Crippen molar-refractivity contribution in [3.63, 3.8) is 0 Å². The van der Waals surface area contributed by atoms with Gasteiger partial charge in [-0.1, -0.05) is 23.7 Å². The number of amides is 1. The van der Waals surface area contributed by atoms with Crippen molar-refractivity contribution in [2.45, 2.75) is 13.1 Å². The molecule has 0 saturated heterocycles. The SMILES string of the molecule is CN(Cc1nc2ccccc2n1CCOc1ccc(Cl)cc1)C(=O)c1ccco1. The van der Waals surface area contributed by atoms with E-state index in [4.69, 9.17) is 25.7 Å². The predicted molar refractivity (Wildman–Crippen MR) is 111 cm³/mol. The van der Waals surface area contributed by atoms with Gasteiger partial charge in [-0.15, -0.1) is 0 Å². The van der Waals surface area contributed by atoms with E-state index in [0.29, 0.717) is 30.5 Å². The van der Waals surface area contributed by atoms with Gasteiger partial charge in [0.15, 0.2) is 5.76 Å². The van der Waals surface area contributed by atoms with Gasteiger partial charge in [0.25, 0.3) is 5.91 Å². The van der Waals surface area contributed by atoms with Crippen LogP contribution in [0.5, 0.6) is 5.75 Å². The number of furan rings is 1. The van der Waals surface area contributed by atoms with E-state index in [1.54, 1.807) is 36.2 Å². The van der Waals surface area contributed by atoms with Gasteiger partial charge in [0.2, 0.25) is 0 Å². The highest BCUT2D eigenvalue weighted by Crippen LogP contribution is 2.19. The molecule has 4 aromatic rings. The second-order valence-corrected chi connectivity index (χ2v) is 7.05. The van der Waals surface area contributed by atoms with Gasteiger partial charge in [-0.05, 0) is 48.5 Å². The summed E-state index contributed by atoms with van der Waals surface area (Å²) in [5.74, 6) is 1.66. The molecule has 0 radical (unpaired) electrons. The average molecular weight is 410 g/mol. The molecule has 29 heavy (non-hydrogen) atoms. The summed E-state index contributed by atoms with van der Waals surface area (Å²) in [6.07, 6.45) is 1.49. The average Bonchev–Trinajstić information content (AvgIpc) is 3.37. The van der Waals surface area contributed by atoms with Crippen LogP contribution in [0.2, 0.25) is 5.02 Å². The van der Waals surface area contributed by atoms with E-state index in [0.717, 1.165) is 22.6 Å². The van der Waals surface area contributed by atoms with Crippen LogP contribution >= 0.6 is 11.6 Å². The Morgan fingerprint density at radius 3 is 2.69 bits per heavy atom. The van der Waals surface area contributed by atoms with Crippen LogP contribution in [0.3, 0.4) is 0 Å². The summed E-state index contributed by atoms with van der Waals surface area (Å²) in [7, 11) is 1.73. The number of nitrogens with zero attached hydrogens (tertiary/aromatic N) is 3. The number of fused-ring (bicyclic) bond motifs is 1. The molecule has 0 saturated carbocycles. The Labute approximate surface area is 173 Å². The Balaban J connectivity index is 1.52. The van der Waals surface area contributed by atoms with Crippen LogP contribution in [0, 0.1) is 0 Å². The third-order valence-electron chi connectivity index (χ3n) is 4.59. The van der Waals surface area contributed by atoms with Gasteiger partial charge in [0, 0.05) is 12.1 Å². The number of hydrogen-bond donors (Lipinski definition) is 0. The Hall–Kier alpha value is -3.25. The Bertz CT molecular complexity index is 1100. The third kappa shape index (κ3) is 4.27. The van der Waals surface area contributed by atoms with Crippen LogP contribution in [-0.4, -0.2) is 34.0 Å². The Kier molecular flexibility index (Phi) is 5.53. The van der Waals surface area contributed by atoms with Crippen LogP contribution in [0.4, 0.5) is 0 Å². The molecule has 6 nitrogen and oxygen atoms in total. The molecule has 0 aliphatic rings. The maximum atomic E-state index is 12.5. The van der Waals surface area contributed by atoms with E-state index < -0.39 is 0 Å². The first-order valence-corrected chi connectivity index (χ1v) is 9.61. The zero-order valence-corrected chi connectivity index (χ0v) is 16.7. The van der Waals surface area contributed by atoms with Crippen LogP contribution in [0.15, 0.2) is 71.3 Å². The molecule has 0 N–H and O–H groups in total. The minimum absolute atomic E-state index is 0.189. The fourth-order valence-electron chi connectivity index (χ4n) is 3.15. The fourth-order valence-corrected chi connectivity index (χ4v) is 3.28. The first-order valence-electron chi connectivity index (χ1n) is 9.23. The summed E-state index contributed by atoms with van der Waals surface area (Å²) in [6.45, 7) is 1.42. The number of para-hydroxylation sites is 2. The molecule has 0 fully saturated rings. The molecule has 2 aromatic heterocycles. The van der Waals surface area contributed by atoms with Gasteiger partial charge >= 0.3 is 0 Å². The van der Waals surface area contributed by atoms with Gasteiger partial charge < -0.3 is 18.6 Å². The quantitative estimate of drug-likeness (QED) is 0.446. The number of carbonyl (C=O) groups is 1. The van der Waals surface area contributed by atoms with Crippen LogP contribution in [-0.2, 0) is 13.1 Å². The van der Waals surface area contributed by atoms with Crippen LogP contribution in [0.1, 0.15) is 16.4 Å². The van der Waals surface area contributed by atoms with E-state index >= 15 is 0 Å². The molecular formula is C22H20ClN3O3. The van der Waals surface area contributed by atoms with E-state index in [1.165, 1.54) is 6.26 Å². The molecular weight excluding hydrogens is 390 g/mol. The largest absolute Gasteiger partial charge is 0.492 e. The number of benzene rings is 2. The zero-order valence-electron chi connectivity index (χ0n) is 15.9. The van der Waals surface area contributed by atoms with Crippen molar-refractivity contribution >= 4 is 28.5 Å². The number of hydrogen-bond acceptors (Lipinski definition) is 4. The van der Waals surface area contributed by atoms with Crippen molar-refractivity contribution in [1.82, 2.24) is 14.5 Å². The molecule has 0 atom stereocenters. The van der Waals surface area contributed by atoms with Gasteiger partial charge in [0.05, 0.1) is 30.4 Å². The van der Waals surface area contributed by atoms with Gasteiger partial charge in [-0.2, -0.15) is 0 Å². The number of halogens is 1. The summed E-state index contributed by atoms with van der Waals surface area (Å²) in [5.41, 5.74) is 1.88. The lowest BCUT2D eigenvalue weighted by atomic mass is 10.3. The lowest BCUT2D eigenvalue weighted by Gasteiger charge is -2.17. The number of rotatable bonds is 7. The number of aromatic nitrogens is 2. The van der Waals surface area contributed by atoms with E-state index in [2.05, 4.69) is 4.57 Å². The van der Waals surface area contributed by atoms with Gasteiger partial charge in [-0.25, -0.2) is 4.98 Å². The molecule has 4 rings (SSSR count). The Morgan fingerprint density at radius 1 is 1.14 bits per heavy atom. The second kappa shape index (κ2) is 8.41. The number of carbonyl (C=O) groups excluding carboxylic acids is 1. The monoisotopic (exact) mass is 409 g/mol. The summed E-state index contributed by atoms with van der Waals surface area (Å²) >= 11 is 5.92. The van der Waals surface area contributed by atoms with Crippen molar-refractivity contribution in [2.75, 3.05) is 13.7 Å². The highest BCUT2D eigenvalue weighted by molar-refractivity contribution is 6.30. The lowest BCUT2D eigenvalue weighted by molar-refractivity contribution is 0.0748. The van der Waals surface area contributed by atoms with Gasteiger partial charge in [0.1, 0.15) is 18.2 Å². The normalized spacial score (nSPS) is 11.0. The smallest absolute Gasteiger partial charge is 0.289 e. The predicted octanol–water partition coefficient (Wildman–Crippen LogP) is 4.63. The van der Waals surface area contributed by atoms with Crippen molar-refractivity contribution < 1.29 is 13.9 Å². The van der Waals surface area contributed by atoms with Crippen molar-refractivity contribution in [1.29, 1.82) is 0 Å². The highest BCUT2D eigenvalue weighted by atomic mass is 35.5. The molecule has 1 amide bonds. The molecule has 0 aliphatic carbocycles. The highest BCUT2D eigenvalue weighted by Gasteiger charge is 2.18. The van der Waals surface area contributed by atoms with Crippen molar-refractivity contribution in [2.24, 2.45) is 0 Å². The maximum absolute atomic E-state index is 12.5. The third-order valence-corrected chi connectivity index (χ3v) is 4.84. The van der Waals surface area contributed by atoms with Crippen molar-refractivity contribution in [3.8, 4) is 5.75 Å². The zero-order chi connectivity index (χ0) is 20.2. The number of ether oxygens (including phenoxy) is 1. The first kappa shape index (κ1) is 19.1. The summed E-state index contributed by atoms with van der Waals surface area (Å²) in [6, 6.07) is 18.5. The van der Waals surface area contributed by atoms with E-state index in [9.17, 15) is 4.79 Å². The minimum Gasteiger partial charge on any atom is -0.492 e. The van der Waals surface area contributed by atoms with E-state index in [1.807, 2.05) is 36.4 Å². The van der Waals surface area contributed by atoms with Crippen molar-refractivity contribution in [3.05, 3.63) is 83.5 Å². The molecule has 0 bridgehead atoms.